The van der Waals surface area contributed by atoms with Crippen LogP contribution in [0.2, 0.25) is 0 Å². The second kappa shape index (κ2) is 15.1. The Morgan fingerprint density at radius 2 is 0.979 bits per heavy atom. The topological polar surface area (TPSA) is 226 Å². The predicted octanol–water partition coefficient (Wildman–Crippen LogP) is -2.29. The van der Waals surface area contributed by atoms with Gasteiger partial charge in [0.25, 0.3) is 23.6 Å². The normalized spacial score (nSPS) is 19.8. The van der Waals surface area contributed by atoms with E-state index in [0.717, 1.165) is 12.5 Å². The van der Waals surface area contributed by atoms with Crippen molar-refractivity contribution in [3.8, 4) is 0 Å². The number of hydrogen-bond acceptors (Lipinski definition) is 14. The summed E-state index contributed by atoms with van der Waals surface area (Å²) in [6.45, 7) is -2.75. The van der Waals surface area contributed by atoms with Crippen LogP contribution in [0.3, 0.4) is 0 Å². The molecule has 2 fully saturated rings. The van der Waals surface area contributed by atoms with Crippen LogP contribution in [0.5, 0.6) is 0 Å². The molecule has 2 unspecified atom stereocenters. The molecule has 2 saturated heterocycles. The van der Waals surface area contributed by atoms with Crippen LogP contribution in [0.1, 0.15) is 20.7 Å². The fourth-order valence-electron chi connectivity index (χ4n) is 4.79. The van der Waals surface area contributed by atoms with Gasteiger partial charge in [-0.25, -0.2) is 26.4 Å². The van der Waals surface area contributed by atoms with Crippen molar-refractivity contribution in [3.63, 3.8) is 0 Å². The second-order valence-corrected chi connectivity index (χ2v) is 14.2. The van der Waals surface area contributed by atoms with E-state index in [1.54, 1.807) is 36.4 Å². The number of ether oxygens (including phenoxy) is 2. The maximum absolute atomic E-state index is 13.4. The number of carbonyl (C=O) groups is 6. The summed E-state index contributed by atoms with van der Waals surface area (Å²) in [7, 11) is -8.15. The van der Waals surface area contributed by atoms with Gasteiger partial charge < -0.3 is 9.47 Å². The van der Waals surface area contributed by atoms with Crippen molar-refractivity contribution in [1.29, 1.82) is 0 Å². The lowest BCUT2D eigenvalue weighted by Gasteiger charge is -2.41. The Morgan fingerprint density at radius 3 is 1.29 bits per heavy atom. The first-order valence-electron chi connectivity index (χ1n) is 14.1. The molecule has 0 bridgehead atoms. The minimum Gasteiger partial charge on any atom is -0.460 e. The van der Waals surface area contributed by atoms with E-state index >= 15 is 0 Å². The Morgan fingerprint density at radius 1 is 0.646 bits per heavy atom. The monoisotopic (exact) mass is 708 g/mol. The Labute approximate surface area is 275 Å². The van der Waals surface area contributed by atoms with Gasteiger partial charge in [0.2, 0.25) is 20.0 Å². The average Bonchev–Trinajstić information content (AvgIpc) is 3.03. The number of hydrogen-bond donors (Lipinski definition) is 2. The molecule has 0 saturated carbocycles. The van der Waals surface area contributed by atoms with Crippen molar-refractivity contribution in [2.45, 2.75) is 12.1 Å². The van der Waals surface area contributed by atoms with Crippen molar-refractivity contribution in [1.82, 2.24) is 29.5 Å². The lowest BCUT2D eigenvalue weighted by molar-refractivity contribution is -0.163. The summed E-state index contributed by atoms with van der Waals surface area (Å²) >= 11 is 0. The van der Waals surface area contributed by atoms with E-state index < -0.39 is 94.0 Å². The van der Waals surface area contributed by atoms with Gasteiger partial charge in [-0.2, -0.15) is 10.0 Å². The Balaban J connectivity index is 1.55. The SMILES string of the molecule is CS(=O)(=O)NN1C(=O)CN(CCN2CC(=O)N(NS(C)(=O)=O)C(=O)C2COC(=O)c2ccccc2)C(COC(=O)c2ccccc2)C1=O. The molecule has 0 spiro atoms. The summed E-state index contributed by atoms with van der Waals surface area (Å²) in [5.41, 5.74) is 0.333. The van der Waals surface area contributed by atoms with Crippen LogP contribution in [0.15, 0.2) is 60.7 Å². The van der Waals surface area contributed by atoms with E-state index in [-0.39, 0.29) is 24.2 Å². The zero-order valence-corrected chi connectivity index (χ0v) is 27.3. The molecule has 2 atom stereocenters. The first-order chi connectivity index (χ1) is 22.5. The van der Waals surface area contributed by atoms with E-state index in [0.29, 0.717) is 10.0 Å². The summed E-state index contributed by atoms with van der Waals surface area (Å²) in [5.74, 6) is -5.62. The van der Waals surface area contributed by atoms with E-state index in [9.17, 15) is 45.6 Å². The van der Waals surface area contributed by atoms with Gasteiger partial charge in [-0.3, -0.25) is 29.0 Å². The number of imide groups is 2. The number of rotatable bonds is 13. The number of benzene rings is 2. The van der Waals surface area contributed by atoms with Crippen LogP contribution in [0, 0.1) is 0 Å². The van der Waals surface area contributed by atoms with Gasteiger partial charge in [-0.1, -0.05) is 36.4 Å². The van der Waals surface area contributed by atoms with Crippen molar-refractivity contribution in [2.75, 3.05) is 51.9 Å². The number of hydrazine groups is 2. The van der Waals surface area contributed by atoms with Gasteiger partial charge in [0.05, 0.1) is 36.7 Å². The van der Waals surface area contributed by atoms with Crippen LogP contribution in [-0.4, -0.2) is 136 Å². The van der Waals surface area contributed by atoms with Gasteiger partial charge in [-0.15, -0.1) is 9.66 Å². The van der Waals surface area contributed by atoms with Gasteiger partial charge in [0.1, 0.15) is 25.3 Å². The lowest BCUT2D eigenvalue weighted by Crippen LogP contribution is -2.68. The van der Waals surface area contributed by atoms with Crippen LogP contribution < -0.4 is 9.66 Å². The molecule has 2 aromatic carbocycles. The van der Waals surface area contributed by atoms with Crippen molar-refractivity contribution in [3.05, 3.63) is 71.8 Å². The summed E-state index contributed by atoms with van der Waals surface area (Å²) < 4.78 is 58.1. The number of esters is 2. The summed E-state index contributed by atoms with van der Waals surface area (Å²) in [5, 5.41) is 0.614. The highest BCUT2D eigenvalue weighted by molar-refractivity contribution is 7.88. The molecule has 4 amide bonds. The van der Waals surface area contributed by atoms with Crippen LogP contribution in [0.4, 0.5) is 0 Å². The molecule has 2 N–H and O–H groups in total. The zero-order chi connectivity index (χ0) is 35.2. The van der Waals surface area contributed by atoms with E-state index in [2.05, 4.69) is 0 Å². The van der Waals surface area contributed by atoms with Gasteiger partial charge >= 0.3 is 11.9 Å². The highest BCUT2D eigenvalue weighted by atomic mass is 32.2. The number of nitrogens with zero attached hydrogens (tertiary/aromatic N) is 4. The largest absolute Gasteiger partial charge is 0.460 e. The van der Waals surface area contributed by atoms with Gasteiger partial charge in [-0.05, 0) is 24.3 Å². The molecule has 2 aromatic rings. The molecule has 0 radical (unpaired) electrons. The molecule has 2 heterocycles. The first-order valence-corrected chi connectivity index (χ1v) is 17.9. The lowest BCUT2D eigenvalue weighted by atomic mass is 10.1. The maximum atomic E-state index is 13.4. The molecule has 20 heteroatoms. The molecule has 2 aliphatic heterocycles. The zero-order valence-electron chi connectivity index (χ0n) is 25.7. The molecule has 0 aromatic heterocycles. The van der Waals surface area contributed by atoms with E-state index in [1.807, 2.05) is 9.66 Å². The predicted molar refractivity (Wildman–Crippen MR) is 164 cm³/mol. The molecular weight excluding hydrogens is 676 g/mol. The minimum atomic E-state index is -4.08. The Bertz CT molecular complexity index is 1660. The quantitative estimate of drug-likeness (QED) is 0.165. The number of nitrogens with one attached hydrogen (secondary N) is 2. The smallest absolute Gasteiger partial charge is 0.338 e. The van der Waals surface area contributed by atoms with Crippen molar-refractivity contribution >= 4 is 55.6 Å². The number of piperazine rings is 2. The second-order valence-electron chi connectivity index (χ2n) is 10.8. The van der Waals surface area contributed by atoms with Gasteiger partial charge in [0, 0.05) is 13.1 Å². The summed E-state index contributed by atoms with van der Waals surface area (Å²) in [6.07, 6.45) is 1.48. The highest BCUT2D eigenvalue weighted by Gasteiger charge is 2.45. The fourth-order valence-corrected chi connectivity index (χ4v) is 5.84. The van der Waals surface area contributed by atoms with Crippen LogP contribution in [0.25, 0.3) is 0 Å². The van der Waals surface area contributed by atoms with Crippen LogP contribution >= 0.6 is 0 Å². The number of sulfonamides is 2. The third-order valence-corrected chi connectivity index (χ3v) is 8.05. The van der Waals surface area contributed by atoms with E-state index in [1.165, 1.54) is 34.1 Å². The third kappa shape index (κ3) is 9.49. The molecule has 258 valence electrons. The first kappa shape index (κ1) is 36.2. The Hall–Kier alpha value is -4.60. The standard InChI is InChI=1S/C28H32N6O12S2/c1-47(41,42)29-33-23(35)15-31(21(25(33)37)17-45-27(39)19-9-5-3-6-10-19)13-14-32-16-24(36)34(30-48(2,43)44)26(38)22(32)18-46-28(40)20-11-7-4-8-12-20/h3-12,21-22,29-30H,13-18H2,1-2H3. The maximum Gasteiger partial charge on any atom is 0.338 e. The highest BCUT2D eigenvalue weighted by Crippen LogP contribution is 2.17. The summed E-state index contributed by atoms with van der Waals surface area (Å²) in [6, 6.07) is 12.8. The fraction of sp³-hybridized carbons (Fsp3) is 0.357. The number of carbonyl (C=O) groups excluding carboxylic acids is 6. The molecular formula is C28H32N6O12S2. The van der Waals surface area contributed by atoms with Crippen molar-refractivity contribution in [2.24, 2.45) is 0 Å². The van der Waals surface area contributed by atoms with E-state index in [4.69, 9.17) is 9.47 Å². The average molecular weight is 709 g/mol. The van der Waals surface area contributed by atoms with Crippen molar-refractivity contribution < 1.29 is 55.1 Å². The molecule has 18 nitrogen and oxygen atoms in total. The minimum absolute atomic E-state index is 0.167. The Kier molecular flexibility index (Phi) is 11.4. The molecule has 4 rings (SSSR count). The third-order valence-electron chi connectivity index (χ3n) is 7.02. The molecule has 48 heavy (non-hydrogen) atoms. The van der Waals surface area contributed by atoms with Gasteiger partial charge in [0.15, 0.2) is 0 Å². The molecule has 2 aliphatic rings. The summed E-state index contributed by atoms with van der Waals surface area (Å²) in [4.78, 5) is 84.0. The van der Waals surface area contributed by atoms with Crippen LogP contribution in [-0.2, 0) is 48.7 Å². The number of amides is 4. The molecule has 0 aliphatic carbocycles.